The zero-order valence-electron chi connectivity index (χ0n) is 18.6. The lowest BCUT2D eigenvalue weighted by Crippen LogP contribution is -2.23. The molecule has 0 saturated carbocycles. The summed E-state index contributed by atoms with van der Waals surface area (Å²) in [7, 11) is 1.54. The number of hydrogen-bond donors (Lipinski definition) is 1. The Balaban J connectivity index is 1.44. The fourth-order valence-electron chi connectivity index (χ4n) is 3.74. The molecule has 3 aromatic heterocycles. The van der Waals surface area contributed by atoms with Crippen molar-refractivity contribution in [1.82, 2.24) is 14.5 Å². The maximum Gasteiger partial charge on any atom is 0.302 e. The molecule has 0 aliphatic carbocycles. The van der Waals surface area contributed by atoms with E-state index in [2.05, 4.69) is 15.3 Å². The number of rotatable bonds is 7. The first-order chi connectivity index (χ1) is 17.0. The summed E-state index contributed by atoms with van der Waals surface area (Å²) in [6.07, 6.45) is 4.65. The molecule has 1 amide bonds. The minimum atomic E-state index is -0.868. The maximum absolute atomic E-state index is 13.2. The van der Waals surface area contributed by atoms with Crippen molar-refractivity contribution in [1.29, 1.82) is 0 Å². The molecule has 9 heteroatoms. The first kappa shape index (κ1) is 22.4. The third-order valence-corrected chi connectivity index (χ3v) is 5.71. The molecule has 3 heterocycles. The molecule has 174 valence electrons. The zero-order valence-corrected chi connectivity index (χ0v) is 19.3. The summed E-state index contributed by atoms with van der Waals surface area (Å²) >= 11 is 6.00. The van der Waals surface area contributed by atoms with Crippen molar-refractivity contribution >= 4 is 40.2 Å². The summed E-state index contributed by atoms with van der Waals surface area (Å²) in [4.78, 5) is 34.4. The van der Waals surface area contributed by atoms with E-state index in [0.717, 1.165) is 11.1 Å². The molecule has 5 rings (SSSR count). The number of nitrogens with one attached hydrogen (secondary N) is 1. The molecule has 5 aromatic rings. The highest BCUT2D eigenvalue weighted by Gasteiger charge is 2.24. The predicted molar refractivity (Wildman–Crippen MR) is 132 cm³/mol. The minimum absolute atomic E-state index is 0.0912. The number of ether oxygens (including phenoxy) is 1. The van der Waals surface area contributed by atoms with Gasteiger partial charge in [-0.15, -0.1) is 0 Å². The van der Waals surface area contributed by atoms with Crippen LogP contribution in [0.5, 0.6) is 5.75 Å². The number of halogens is 1. The molecule has 0 spiro atoms. The molecule has 0 unspecified atom stereocenters. The maximum atomic E-state index is 13.2. The normalized spacial score (nSPS) is 10.9. The molecule has 0 bridgehead atoms. The molecule has 35 heavy (non-hydrogen) atoms. The lowest BCUT2D eigenvalue weighted by Gasteiger charge is -2.06. The molecular weight excluding hydrogens is 468 g/mol. The number of carbonyl (C=O) groups is 2. The molecule has 0 aliphatic rings. The van der Waals surface area contributed by atoms with Crippen molar-refractivity contribution in [2.24, 2.45) is 0 Å². The second kappa shape index (κ2) is 9.44. The number of Topliss-reactive ketones (excluding diaryl/α,β-unsaturated/α-hetero) is 1. The van der Waals surface area contributed by atoms with Crippen molar-refractivity contribution in [2.75, 3.05) is 12.4 Å². The Hall–Kier alpha value is -4.43. The fraction of sp³-hybridized carbons (Fsp3) is 0.0769. The number of hydrogen-bond acceptors (Lipinski definition) is 6. The highest BCUT2D eigenvalue weighted by atomic mass is 35.5. The smallest absolute Gasteiger partial charge is 0.302 e. The fourth-order valence-corrected chi connectivity index (χ4v) is 3.87. The van der Waals surface area contributed by atoms with Crippen LogP contribution in [-0.2, 0) is 11.3 Å². The van der Waals surface area contributed by atoms with Gasteiger partial charge in [0.2, 0.25) is 0 Å². The Morgan fingerprint density at radius 1 is 1.09 bits per heavy atom. The number of anilines is 1. The molecule has 2 aromatic carbocycles. The van der Waals surface area contributed by atoms with Crippen LogP contribution < -0.4 is 10.1 Å². The van der Waals surface area contributed by atoms with Crippen LogP contribution in [0.25, 0.3) is 22.3 Å². The van der Waals surface area contributed by atoms with E-state index in [1.54, 1.807) is 55.9 Å². The molecular formula is C26H19ClN4O4. The van der Waals surface area contributed by atoms with Crippen LogP contribution >= 0.6 is 11.6 Å². The first-order valence-corrected chi connectivity index (χ1v) is 11.0. The number of aromatic nitrogens is 3. The van der Waals surface area contributed by atoms with E-state index in [-0.39, 0.29) is 11.6 Å². The second-order valence-electron chi connectivity index (χ2n) is 7.72. The zero-order chi connectivity index (χ0) is 24.4. The molecule has 1 N–H and O–H groups in total. The number of fused-ring (bicyclic) bond motifs is 1. The standard InChI is InChI=1S/C26H19ClN4O4/c1-34-18-9-10-23-19(12-18)20(14-31(23)13-16-5-7-17(27)8-6-16)24(32)25(33)30-26-29-22(15-35-26)21-4-2-3-11-28-21/h2-12,14-15H,13H2,1H3,(H,29,30,33). The Morgan fingerprint density at radius 3 is 2.66 bits per heavy atom. The monoisotopic (exact) mass is 486 g/mol. The van der Waals surface area contributed by atoms with Gasteiger partial charge in [0.25, 0.3) is 11.7 Å². The van der Waals surface area contributed by atoms with Gasteiger partial charge in [0.05, 0.1) is 18.4 Å². The third-order valence-electron chi connectivity index (χ3n) is 5.46. The van der Waals surface area contributed by atoms with Crippen LogP contribution in [0.2, 0.25) is 5.02 Å². The highest BCUT2D eigenvalue weighted by molar-refractivity contribution is 6.48. The SMILES string of the molecule is COc1ccc2c(c1)c(C(=O)C(=O)Nc1nc(-c3ccccn3)co1)cn2Cc1ccc(Cl)cc1. The lowest BCUT2D eigenvalue weighted by atomic mass is 10.1. The lowest BCUT2D eigenvalue weighted by molar-refractivity contribution is -0.112. The Morgan fingerprint density at radius 2 is 1.91 bits per heavy atom. The number of amides is 1. The van der Waals surface area contributed by atoms with E-state index < -0.39 is 11.7 Å². The van der Waals surface area contributed by atoms with E-state index in [9.17, 15) is 9.59 Å². The number of carbonyl (C=O) groups excluding carboxylic acids is 2. The van der Waals surface area contributed by atoms with E-state index >= 15 is 0 Å². The van der Waals surface area contributed by atoms with Crippen LogP contribution in [0, 0.1) is 0 Å². The van der Waals surface area contributed by atoms with E-state index in [0.29, 0.717) is 34.1 Å². The van der Waals surface area contributed by atoms with Gasteiger partial charge in [-0.1, -0.05) is 29.8 Å². The van der Waals surface area contributed by atoms with Crippen LogP contribution in [0.1, 0.15) is 15.9 Å². The Bertz CT molecular complexity index is 1520. The van der Waals surface area contributed by atoms with Gasteiger partial charge in [0, 0.05) is 34.9 Å². The van der Waals surface area contributed by atoms with Crippen molar-refractivity contribution in [3.05, 3.63) is 95.5 Å². The number of oxazole rings is 1. The van der Waals surface area contributed by atoms with Gasteiger partial charge in [0.15, 0.2) is 0 Å². The molecule has 0 radical (unpaired) electrons. The van der Waals surface area contributed by atoms with E-state index in [1.807, 2.05) is 28.8 Å². The molecule has 0 saturated heterocycles. The van der Waals surface area contributed by atoms with Gasteiger partial charge in [-0.2, -0.15) is 4.98 Å². The summed E-state index contributed by atoms with van der Waals surface area (Å²) in [5, 5.41) is 3.68. The average Bonchev–Trinajstić information content (AvgIpc) is 3.50. The second-order valence-corrected chi connectivity index (χ2v) is 8.15. The summed E-state index contributed by atoms with van der Waals surface area (Å²) in [5.74, 6) is -1.02. The van der Waals surface area contributed by atoms with Crippen LogP contribution in [0.15, 0.2) is 83.7 Å². The number of nitrogens with zero attached hydrogens (tertiary/aromatic N) is 3. The third kappa shape index (κ3) is 4.64. The summed E-state index contributed by atoms with van der Waals surface area (Å²) in [5.41, 5.74) is 3.04. The van der Waals surface area contributed by atoms with Crippen molar-refractivity contribution in [3.8, 4) is 17.1 Å². The minimum Gasteiger partial charge on any atom is -0.497 e. The van der Waals surface area contributed by atoms with Gasteiger partial charge in [-0.05, 0) is 48.0 Å². The first-order valence-electron chi connectivity index (χ1n) is 10.7. The van der Waals surface area contributed by atoms with Gasteiger partial charge in [-0.3, -0.25) is 19.9 Å². The van der Waals surface area contributed by atoms with E-state index in [4.69, 9.17) is 20.8 Å². The number of ketones is 1. The van der Waals surface area contributed by atoms with Crippen molar-refractivity contribution in [2.45, 2.75) is 6.54 Å². The summed E-state index contributed by atoms with van der Waals surface area (Å²) < 4.78 is 12.6. The molecule has 0 atom stereocenters. The van der Waals surface area contributed by atoms with Crippen molar-refractivity contribution in [3.63, 3.8) is 0 Å². The number of methoxy groups -OCH3 is 1. The van der Waals surface area contributed by atoms with Crippen LogP contribution in [0.3, 0.4) is 0 Å². The Labute approximate surface area is 205 Å². The van der Waals surface area contributed by atoms with Crippen LogP contribution in [-0.4, -0.2) is 33.3 Å². The van der Waals surface area contributed by atoms with Gasteiger partial charge in [-0.25, -0.2) is 0 Å². The van der Waals surface area contributed by atoms with Gasteiger partial charge >= 0.3 is 6.01 Å². The molecule has 0 aliphatic heterocycles. The number of benzene rings is 2. The topological polar surface area (TPSA) is 99.2 Å². The summed E-state index contributed by atoms with van der Waals surface area (Å²) in [6.45, 7) is 0.488. The average molecular weight is 487 g/mol. The number of pyridine rings is 1. The molecule has 8 nitrogen and oxygen atoms in total. The highest BCUT2D eigenvalue weighted by Crippen LogP contribution is 2.28. The largest absolute Gasteiger partial charge is 0.497 e. The van der Waals surface area contributed by atoms with Crippen LogP contribution in [0.4, 0.5) is 6.01 Å². The van der Waals surface area contributed by atoms with E-state index in [1.165, 1.54) is 6.26 Å². The van der Waals surface area contributed by atoms with Gasteiger partial charge < -0.3 is 13.7 Å². The Kier molecular flexibility index (Phi) is 6.03. The summed E-state index contributed by atoms with van der Waals surface area (Å²) in [6, 6.07) is 18.1. The van der Waals surface area contributed by atoms with Gasteiger partial charge in [0.1, 0.15) is 17.7 Å². The molecule has 0 fully saturated rings. The van der Waals surface area contributed by atoms with Crippen molar-refractivity contribution < 1.29 is 18.7 Å². The predicted octanol–water partition coefficient (Wildman–Crippen LogP) is 5.22. The quantitative estimate of drug-likeness (QED) is 0.250.